The summed E-state index contributed by atoms with van der Waals surface area (Å²) in [6.45, 7) is 1.15. The highest BCUT2D eigenvalue weighted by Gasteiger charge is 2.12. The SMILES string of the molecule is CN1CCCc2cc(/C=C/C=C/c3nc4ncc(Br)nc4s3)ccc21. The van der Waals surface area contributed by atoms with E-state index in [0.717, 1.165) is 21.0 Å². The van der Waals surface area contributed by atoms with Crippen molar-refractivity contribution in [3.8, 4) is 0 Å². The molecular weight excluding hydrogens is 396 g/mol. The maximum Gasteiger partial charge on any atom is 0.190 e. The van der Waals surface area contributed by atoms with Crippen LogP contribution >= 0.6 is 27.3 Å². The van der Waals surface area contributed by atoms with E-state index >= 15 is 0 Å². The molecule has 2 aromatic heterocycles. The second kappa shape index (κ2) is 7.06. The highest BCUT2D eigenvalue weighted by Crippen LogP contribution is 2.27. The first-order valence-corrected chi connectivity index (χ1v) is 9.78. The van der Waals surface area contributed by atoms with Crippen molar-refractivity contribution in [2.24, 2.45) is 0 Å². The monoisotopic (exact) mass is 412 g/mol. The molecular formula is C19H17BrN4S. The number of hydrogen-bond acceptors (Lipinski definition) is 5. The predicted molar refractivity (Wildman–Crippen MR) is 109 cm³/mol. The number of benzene rings is 1. The maximum absolute atomic E-state index is 4.46. The molecule has 4 nitrogen and oxygen atoms in total. The Balaban J connectivity index is 1.49. The fraction of sp³-hybridized carbons (Fsp3) is 0.211. The largest absolute Gasteiger partial charge is 0.374 e. The van der Waals surface area contributed by atoms with Gasteiger partial charge in [0.1, 0.15) is 9.61 Å². The molecule has 0 fully saturated rings. The molecule has 4 rings (SSSR count). The van der Waals surface area contributed by atoms with Crippen molar-refractivity contribution in [1.29, 1.82) is 0 Å². The van der Waals surface area contributed by atoms with Gasteiger partial charge in [0, 0.05) is 19.3 Å². The van der Waals surface area contributed by atoms with Crippen molar-refractivity contribution in [2.45, 2.75) is 12.8 Å². The van der Waals surface area contributed by atoms with Crippen molar-refractivity contribution in [2.75, 3.05) is 18.5 Å². The Kier molecular flexibility index (Phi) is 4.63. The van der Waals surface area contributed by atoms with E-state index < -0.39 is 0 Å². The number of allylic oxidation sites excluding steroid dienone is 2. The lowest BCUT2D eigenvalue weighted by atomic mass is 9.99. The van der Waals surface area contributed by atoms with Crippen LogP contribution in [-0.4, -0.2) is 28.5 Å². The highest BCUT2D eigenvalue weighted by molar-refractivity contribution is 9.10. The van der Waals surface area contributed by atoms with Gasteiger partial charge >= 0.3 is 0 Å². The van der Waals surface area contributed by atoms with Crippen LogP contribution < -0.4 is 4.90 Å². The summed E-state index contributed by atoms with van der Waals surface area (Å²) in [6.07, 6.45) is 12.2. The molecule has 1 aromatic carbocycles. The Morgan fingerprint density at radius 3 is 3.00 bits per heavy atom. The molecule has 0 amide bonds. The van der Waals surface area contributed by atoms with Gasteiger partial charge in [-0.3, -0.25) is 0 Å². The number of hydrogen-bond donors (Lipinski definition) is 0. The average Bonchev–Trinajstić information content (AvgIpc) is 3.01. The number of nitrogens with zero attached hydrogens (tertiary/aromatic N) is 4. The van der Waals surface area contributed by atoms with E-state index in [9.17, 15) is 0 Å². The minimum atomic E-state index is 0.690. The Bertz CT molecular complexity index is 977. The molecule has 126 valence electrons. The minimum Gasteiger partial charge on any atom is -0.374 e. The van der Waals surface area contributed by atoms with Gasteiger partial charge in [-0.25, -0.2) is 15.0 Å². The smallest absolute Gasteiger partial charge is 0.190 e. The lowest BCUT2D eigenvalue weighted by molar-refractivity contribution is 0.744. The van der Waals surface area contributed by atoms with Crippen molar-refractivity contribution in [3.05, 3.63) is 57.3 Å². The Labute approximate surface area is 159 Å². The van der Waals surface area contributed by atoms with Gasteiger partial charge < -0.3 is 4.90 Å². The number of anilines is 1. The van der Waals surface area contributed by atoms with E-state index in [0.29, 0.717) is 5.65 Å². The average molecular weight is 413 g/mol. The normalized spacial score (nSPS) is 14.7. The van der Waals surface area contributed by atoms with Crippen LogP contribution in [0.5, 0.6) is 0 Å². The predicted octanol–water partition coefficient (Wildman–Crippen LogP) is 4.96. The summed E-state index contributed by atoms with van der Waals surface area (Å²) >= 11 is 4.87. The number of rotatable bonds is 3. The molecule has 1 aliphatic heterocycles. The molecule has 0 radical (unpaired) electrons. The highest BCUT2D eigenvalue weighted by atomic mass is 79.9. The third kappa shape index (κ3) is 3.65. The van der Waals surface area contributed by atoms with Gasteiger partial charge in [-0.1, -0.05) is 35.6 Å². The zero-order chi connectivity index (χ0) is 17.2. The first-order chi connectivity index (χ1) is 12.2. The molecule has 6 heteroatoms. The van der Waals surface area contributed by atoms with E-state index in [1.807, 2.05) is 12.2 Å². The van der Waals surface area contributed by atoms with E-state index in [2.05, 4.69) is 73.2 Å². The molecule has 0 atom stereocenters. The fourth-order valence-electron chi connectivity index (χ4n) is 3.00. The molecule has 3 aromatic rings. The summed E-state index contributed by atoms with van der Waals surface area (Å²) in [5.74, 6) is 0. The molecule has 0 N–H and O–H groups in total. The quantitative estimate of drug-likeness (QED) is 0.570. The van der Waals surface area contributed by atoms with Gasteiger partial charge in [-0.15, -0.1) is 0 Å². The first-order valence-electron chi connectivity index (χ1n) is 8.17. The standard InChI is InChI=1S/C19H17BrN4S/c1-24-10-4-6-14-11-13(8-9-15(14)24)5-2-3-7-17-23-18-19(25-17)22-16(20)12-21-18/h2-3,5,7-9,11-12H,4,6,10H2,1H3/b5-2+,7-3+. The van der Waals surface area contributed by atoms with Crippen LogP contribution in [0.4, 0.5) is 5.69 Å². The van der Waals surface area contributed by atoms with Gasteiger partial charge in [0.2, 0.25) is 0 Å². The van der Waals surface area contributed by atoms with E-state index in [-0.39, 0.29) is 0 Å². The van der Waals surface area contributed by atoms with Crippen LogP contribution in [0.2, 0.25) is 0 Å². The molecule has 25 heavy (non-hydrogen) atoms. The second-order valence-corrected chi connectivity index (χ2v) is 7.83. The van der Waals surface area contributed by atoms with Crippen LogP contribution in [0, 0.1) is 0 Å². The summed E-state index contributed by atoms with van der Waals surface area (Å²) in [4.78, 5) is 16.3. The van der Waals surface area contributed by atoms with Gasteiger partial charge in [0.15, 0.2) is 10.5 Å². The van der Waals surface area contributed by atoms with Gasteiger partial charge in [0.25, 0.3) is 0 Å². The Morgan fingerprint density at radius 2 is 2.08 bits per heavy atom. The summed E-state index contributed by atoms with van der Waals surface area (Å²) < 4.78 is 0.733. The molecule has 1 aliphatic rings. The number of fused-ring (bicyclic) bond motifs is 2. The first kappa shape index (κ1) is 16.4. The third-order valence-corrected chi connectivity index (χ3v) is 5.49. The van der Waals surface area contributed by atoms with Gasteiger partial charge in [0.05, 0.1) is 6.20 Å². The zero-order valence-corrected chi connectivity index (χ0v) is 16.2. The van der Waals surface area contributed by atoms with Crippen molar-refractivity contribution >= 4 is 55.6 Å². The fourth-order valence-corrected chi connectivity index (χ4v) is 4.21. The zero-order valence-electron chi connectivity index (χ0n) is 13.8. The summed E-state index contributed by atoms with van der Waals surface area (Å²) in [7, 11) is 2.16. The van der Waals surface area contributed by atoms with Crippen LogP contribution in [0.3, 0.4) is 0 Å². The molecule has 0 spiro atoms. The lowest BCUT2D eigenvalue weighted by Gasteiger charge is -2.27. The van der Waals surface area contributed by atoms with Crippen LogP contribution in [0.1, 0.15) is 22.6 Å². The summed E-state index contributed by atoms with van der Waals surface area (Å²) in [5.41, 5.74) is 4.72. The summed E-state index contributed by atoms with van der Waals surface area (Å²) in [5, 5.41) is 0.907. The molecule has 0 bridgehead atoms. The molecule has 0 unspecified atom stereocenters. The number of aromatic nitrogens is 3. The molecule has 3 heterocycles. The molecule has 0 saturated heterocycles. The molecule has 0 aliphatic carbocycles. The van der Waals surface area contributed by atoms with Crippen molar-refractivity contribution in [3.63, 3.8) is 0 Å². The number of thiazole rings is 1. The topological polar surface area (TPSA) is 41.9 Å². The van der Waals surface area contributed by atoms with Crippen LogP contribution in [0.25, 0.3) is 22.6 Å². The van der Waals surface area contributed by atoms with Crippen molar-refractivity contribution in [1.82, 2.24) is 15.0 Å². The van der Waals surface area contributed by atoms with E-state index in [1.54, 1.807) is 6.20 Å². The number of halogens is 1. The number of aryl methyl sites for hydroxylation is 1. The minimum absolute atomic E-state index is 0.690. The molecule has 0 saturated carbocycles. The lowest BCUT2D eigenvalue weighted by Crippen LogP contribution is -2.24. The van der Waals surface area contributed by atoms with Crippen LogP contribution in [-0.2, 0) is 6.42 Å². The van der Waals surface area contributed by atoms with Gasteiger partial charge in [-0.2, -0.15) is 0 Å². The van der Waals surface area contributed by atoms with Gasteiger partial charge in [-0.05, 0) is 58.1 Å². The Morgan fingerprint density at radius 1 is 1.20 bits per heavy atom. The second-order valence-electron chi connectivity index (χ2n) is 6.01. The van der Waals surface area contributed by atoms with E-state index in [4.69, 9.17) is 0 Å². The third-order valence-electron chi connectivity index (χ3n) is 4.20. The Hall–Kier alpha value is -2.05. The van der Waals surface area contributed by atoms with Crippen molar-refractivity contribution < 1.29 is 0 Å². The summed E-state index contributed by atoms with van der Waals surface area (Å²) in [6, 6.07) is 6.69. The van der Waals surface area contributed by atoms with Crippen LogP contribution in [0.15, 0.2) is 41.2 Å². The maximum atomic E-state index is 4.46. The van der Waals surface area contributed by atoms with E-state index in [1.165, 1.54) is 41.0 Å².